The summed E-state index contributed by atoms with van der Waals surface area (Å²) in [6.45, 7) is 6.13. The fourth-order valence-electron chi connectivity index (χ4n) is 1.79. The number of carbonyl (C=O) groups is 1. The van der Waals surface area contributed by atoms with Crippen LogP contribution >= 0.6 is 0 Å². The minimum absolute atomic E-state index is 0.0818. The van der Waals surface area contributed by atoms with Gasteiger partial charge in [-0.05, 0) is 25.0 Å². The lowest BCUT2D eigenvalue weighted by molar-refractivity contribution is -0.120. The van der Waals surface area contributed by atoms with E-state index in [9.17, 15) is 9.18 Å². The molecule has 0 unspecified atom stereocenters. The van der Waals surface area contributed by atoms with Gasteiger partial charge in [-0.15, -0.1) is 0 Å². The number of anilines is 1. The zero-order valence-electron chi connectivity index (χ0n) is 11.2. The van der Waals surface area contributed by atoms with E-state index >= 15 is 0 Å². The first-order valence-electron chi connectivity index (χ1n) is 6.34. The fraction of sp³-hybridized carbons (Fsp3) is 0.500. The van der Waals surface area contributed by atoms with E-state index < -0.39 is 11.9 Å². The van der Waals surface area contributed by atoms with Crippen LogP contribution < -0.4 is 10.6 Å². The smallest absolute Gasteiger partial charge is 0.244 e. The van der Waals surface area contributed by atoms with Crippen molar-refractivity contribution in [2.24, 2.45) is 11.7 Å². The van der Waals surface area contributed by atoms with Gasteiger partial charge in [0.05, 0.1) is 11.7 Å². The molecule has 0 radical (unpaired) electrons. The molecule has 100 valence electrons. The molecule has 4 heteroatoms. The Labute approximate surface area is 108 Å². The van der Waals surface area contributed by atoms with E-state index in [2.05, 4.69) is 0 Å². The molecule has 0 saturated heterocycles. The highest BCUT2D eigenvalue weighted by Gasteiger charge is 2.26. The summed E-state index contributed by atoms with van der Waals surface area (Å²) in [6.07, 6.45) is 0.821. The Bertz CT molecular complexity index is 409. The van der Waals surface area contributed by atoms with Gasteiger partial charge < -0.3 is 10.6 Å². The number of amides is 1. The maximum absolute atomic E-state index is 13.7. The molecule has 1 rings (SSSR count). The first-order chi connectivity index (χ1) is 8.52. The number of nitrogens with zero attached hydrogens (tertiary/aromatic N) is 1. The standard InChI is InChI=1S/C14H21FN2O/c1-4-10(3)13(16)14(18)17(5-2)12-9-7-6-8-11(12)15/h6-10,13H,4-5,16H2,1-3H3/t10-,13-/m0/s1. The highest BCUT2D eigenvalue weighted by Crippen LogP contribution is 2.20. The van der Waals surface area contributed by atoms with E-state index in [1.165, 1.54) is 11.0 Å². The van der Waals surface area contributed by atoms with Gasteiger partial charge >= 0.3 is 0 Å². The number of likely N-dealkylation sites (N-methyl/N-ethyl adjacent to an activating group) is 1. The summed E-state index contributed by atoms with van der Waals surface area (Å²) in [5.41, 5.74) is 6.22. The van der Waals surface area contributed by atoms with Crippen molar-refractivity contribution in [3.05, 3.63) is 30.1 Å². The maximum Gasteiger partial charge on any atom is 0.244 e. The Hall–Kier alpha value is -1.42. The van der Waals surface area contributed by atoms with Crippen LogP contribution in [-0.4, -0.2) is 18.5 Å². The third-order valence-corrected chi connectivity index (χ3v) is 3.27. The summed E-state index contributed by atoms with van der Waals surface area (Å²) in [6, 6.07) is 5.67. The van der Waals surface area contributed by atoms with Crippen molar-refractivity contribution in [1.29, 1.82) is 0 Å². The molecule has 0 saturated carbocycles. The largest absolute Gasteiger partial charge is 0.320 e. The molecule has 0 heterocycles. The van der Waals surface area contributed by atoms with Crippen LogP contribution in [0.4, 0.5) is 10.1 Å². The van der Waals surface area contributed by atoms with Crippen molar-refractivity contribution in [3.63, 3.8) is 0 Å². The summed E-state index contributed by atoms with van der Waals surface area (Å²) in [4.78, 5) is 13.7. The molecule has 0 aliphatic rings. The molecular formula is C14H21FN2O. The van der Waals surface area contributed by atoms with Gasteiger partial charge in [-0.1, -0.05) is 32.4 Å². The second-order valence-corrected chi connectivity index (χ2v) is 4.45. The molecule has 0 spiro atoms. The first-order valence-corrected chi connectivity index (χ1v) is 6.34. The zero-order chi connectivity index (χ0) is 13.7. The average Bonchev–Trinajstić information content (AvgIpc) is 2.39. The summed E-state index contributed by atoms with van der Waals surface area (Å²) in [5.74, 6) is -0.542. The Morgan fingerprint density at radius 3 is 2.50 bits per heavy atom. The van der Waals surface area contributed by atoms with E-state index in [0.717, 1.165) is 6.42 Å². The molecule has 18 heavy (non-hydrogen) atoms. The topological polar surface area (TPSA) is 46.3 Å². The molecule has 0 fully saturated rings. The van der Waals surface area contributed by atoms with E-state index in [1.54, 1.807) is 18.2 Å². The molecule has 2 N–H and O–H groups in total. The minimum Gasteiger partial charge on any atom is -0.320 e. The van der Waals surface area contributed by atoms with Crippen LogP contribution in [0.1, 0.15) is 27.2 Å². The van der Waals surface area contributed by atoms with Crippen molar-refractivity contribution >= 4 is 11.6 Å². The Kier molecular flexibility index (Phi) is 5.28. The Balaban J connectivity index is 2.97. The van der Waals surface area contributed by atoms with Crippen LogP contribution in [0.15, 0.2) is 24.3 Å². The molecule has 0 aromatic heterocycles. The predicted molar refractivity (Wildman–Crippen MR) is 71.9 cm³/mol. The van der Waals surface area contributed by atoms with Gasteiger partial charge in [0, 0.05) is 6.54 Å². The molecule has 1 aromatic carbocycles. The molecule has 1 amide bonds. The van der Waals surface area contributed by atoms with Crippen LogP contribution in [-0.2, 0) is 4.79 Å². The van der Waals surface area contributed by atoms with Crippen LogP contribution in [0.2, 0.25) is 0 Å². The van der Waals surface area contributed by atoms with Crippen LogP contribution in [0.3, 0.4) is 0 Å². The normalized spacial score (nSPS) is 14.1. The third kappa shape index (κ3) is 3.07. The van der Waals surface area contributed by atoms with Gasteiger partial charge in [-0.2, -0.15) is 0 Å². The van der Waals surface area contributed by atoms with Crippen LogP contribution in [0.5, 0.6) is 0 Å². The van der Waals surface area contributed by atoms with Crippen molar-refractivity contribution in [3.8, 4) is 0 Å². The summed E-state index contributed by atoms with van der Waals surface area (Å²) in [5, 5.41) is 0. The number of benzene rings is 1. The number of hydrogen-bond acceptors (Lipinski definition) is 2. The number of para-hydroxylation sites is 1. The predicted octanol–water partition coefficient (Wildman–Crippen LogP) is 2.55. The lowest BCUT2D eigenvalue weighted by Gasteiger charge is -2.27. The Morgan fingerprint density at radius 1 is 1.39 bits per heavy atom. The zero-order valence-corrected chi connectivity index (χ0v) is 11.2. The van der Waals surface area contributed by atoms with Gasteiger partial charge in [0.15, 0.2) is 0 Å². The molecular weight excluding hydrogens is 231 g/mol. The SMILES string of the molecule is CC[C@H](C)[C@H](N)C(=O)N(CC)c1ccccc1F. The van der Waals surface area contributed by atoms with Gasteiger partial charge in [0.2, 0.25) is 5.91 Å². The van der Waals surface area contributed by atoms with Gasteiger partial charge in [0.25, 0.3) is 0 Å². The highest BCUT2D eigenvalue weighted by atomic mass is 19.1. The third-order valence-electron chi connectivity index (χ3n) is 3.27. The second-order valence-electron chi connectivity index (χ2n) is 4.45. The van der Waals surface area contributed by atoms with E-state index in [4.69, 9.17) is 5.73 Å². The van der Waals surface area contributed by atoms with Gasteiger partial charge in [0.1, 0.15) is 5.82 Å². The van der Waals surface area contributed by atoms with Crippen molar-refractivity contribution in [1.82, 2.24) is 0 Å². The highest BCUT2D eigenvalue weighted by molar-refractivity contribution is 5.97. The monoisotopic (exact) mass is 252 g/mol. The van der Waals surface area contributed by atoms with Gasteiger partial charge in [-0.3, -0.25) is 4.79 Å². The quantitative estimate of drug-likeness (QED) is 0.875. The molecule has 0 bridgehead atoms. The number of carbonyl (C=O) groups excluding carboxylic acids is 1. The van der Waals surface area contributed by atoms with Crippen LogP contribution in [0, 0.1) is 11.7 Å². The molecule has 1 aromatic rings. The van der Waals surface area contributed by atoms with E-state index in [-0.39, 0.29) is 11.8 Å². The average molecular weight is 252 g/mol. The second kappa shape index (κ2) is 6.50. The van der Waals surface area contributed by atoms with Crippen molar-refractivity contribution in [2.45, 2.75) is 33.2 Å². The lowest BCUT2D eigenvalue weighted by atomic mass is 9.98. The van der Waals surface area contributed by atoms with E-state index in [0.29, 0.717) is 12.2 Å². The molecule has 0 aliphatic carbocycles. The van der Waals surface area contributed by atoms with E-state index in [1.807, 2.05) is 20.8 Å². The number of nitrogens with two attached hydrogens (primary N) is 1. The number of rotatable bonds is 5. The minimum atomic E-state index is -0.588. The fourth-order valence-corrected chi connectivity index (χ4v) is 1.79. The summed E-state index contributed by atoms with van der Waals surface area (Å²) < 4.78 is 13.7. The molecule has 3 nitrogen and oxygen atoms in total. The summed E-state index contributed by atoms with van der Waals surface area (Å²) in [7, 11) is 0. The number of hydrogen-bond donors (Lipinski definition) is 1. The lowest BCUT2D eigenvalue weighted by Crippen LogP contribution is -2.47. The maximum atomic E-state index is 13.7. The van der Waals surface area contributed by atoms with Crippen molar-refractivity contribution in [2.75, 3.05) is 11.4 Å². The Morgan fingerprint density at radius 2 is 2.00 bits per heavy atom. The van der Waals surface area contributed by atoms with Crippen LogP contribution in [0.25, 0.3) is 0 Å². The summed E-state index contributed by atoms with van der Waals surface area (Å²) >= 11 is 0. The van der Waals surface area contributed by atoms with Gasteiger partial charge in [-0.25, -0.2) is 4.39 Å². The first kappa shape index (κ1) is 14.6. The number of halogens is 1. The van der Waals surface area contributed by atoms with Crippen molar-refractivity contribution < 1.29 is 9.18 Å². The molecule has 2 atom stereocenters. The molecule has 0 aliphatic heterocycles.